The second-order valence-electron chi connectivity index (χ2n) is 5.04. The molecular formula is C14H20ClNO3. The summed E-state index contributed by atoms with van der Waals surface area (Å²) in [6.07, 6.45) is 0.674. The summed E-state index contributed by atoms with van der Waals surface area (Å²) in [6.45, 7) is 6.16. The van der Waals surface area contributed by atoms with E-state index in [2.05, 4.69) is 13.8 Å². The molecule has 0 radical (unpaired) electrons. The van der Waals surface area contributed by atoms with Gasteiger partial charge in [-0.3, -0.25) is 10.1 Å². The third-order valence-electron chi connectivity index (χ3n) is 3.38. The van der Waals surface area contributed by atoms with Crippen LogP contribution in [0, 0.1) is 22.0 Å². The number of nitrogens with zero attached hydrogens (tertiary/aromatic N) is 1. The third-order valence-corrected chi connectivity index (χ3v) is 3.70. The van der Waals surface area contributed by atoms with Crippen LogP contribution in [0.2, 0.25) is 0 Å². The average molecular weight is 286 g/mol. The van der Waals surface area contributed by atoms with Crippen molar-refractivity contribution in [3.8, 4) is 5.75 Å². The van der Waals surface area contributed by atoms with Gasteiger partial charge in [-0.25, -0.2) is 0 Å². The minimum absolute atomic E-state index is 0.00367. The van der Waals surface area contributed by atoms with Gasteiger partial charge in [0.25, 0.3) is 5.69 Å². The first kappa shape index (κ1) is 15.8. The molecule has 0 fully saturated rings. The van der Waals surface area contributed by atoms with E-state index < -0.39 is 4.92 Å². The van der Waals surface area contributed by atoms with Gasteiger partial charge in [-0.1, -0.05) is 13.8 Å². The van der Waals surface area contributed by atoms with E-state index in [0.29, 0.717) is 18.1 Å². The van der Waals surface area contributed by atoms with Gasteiger partial charge in [-0.2, -0.15) is 0 Å². The van der Waals surface area contributed by atoms with Crippen molar-refractivity contribution in [2.24, 2.45) is 11.8 Å². The number of rotatable bonds is 6. The van der Waals surface area contributed by atoms with Crippen molar-refractivity contribution < 1.29 is 9.66 Å². The van der Waals surface area contributed by atoms with Crippen molar-refractivity contribution >= 4 is 17.3 Å². The Kier molecular flexibility index (Phi) is 5.60. The van der Waals surface area contributed by atoms with E-state index in [4.69, 9.17) is 16.3 Å². The number of benzene rings is 1. The molecule has 0 heterocycles. The molecule has 1 rings (SSSR count). The lowest BCUT2D eigenvalue weighted by Gasteiger charge is -2.24. The zero-order valence-corrected chi connectivity index (χ0v) is 12.5. The Labute approximate surface area is 118 Å². The molecule has 0 aliphatic carbocycles. The van der Waals surface area contributed by atoms with Crippen molar-refractivity contribution in [3.05, 3.63) is 33.9 Å². The molecule has 0 saturated heterocycles. The normalized spacial score (nSPS) is 14.2. The largest absolute Gasteiger partial charge is 0.496 e. The summed E-state index contributed by atoms with van der Waals surface area (Å²) in [5, 5.41) is 10.8. The van der Waals surface area contributed by atoms with E-state index in [1.165, 1.54) is 6.07 Å². The van der Waals surface area contributed by atoms with E-state index in [-0.39, 0.29) is 17.0 Å². The van der Waals surface area contributed by atoms with Crippen LogP contribution in [-0.2, 0) is 6.42 Å². The summed E-state index contributed by atoms with van der Waals surface area (Å²) in [4.78, 5) is 10.5. The molecular weight excluding hydrogens is 266 g/mol. The van der Waals surface area contributed by atoms with Crippen molar-refractivity contribution in [3.63, 3.8) is 0 Å². The van der Waals surface area contributed by atoms with E-state index in [9.17, 15) is 10.1 Å². The van der Waals surface area contributed by atoms with E-state index in [1.807, 2.05) is 6.92 Å². The predicted octanol–water partition coefficient (Wildman–Crippen LogP) is 4.05. The van der Waals surface area contributed by atoms with Crippen LogP contribution in [0.3, 0.4) is 0 Å². The van der Waals surface area contributed by atoms with Gasteiger partial charge in [-0.15, -0.1) is 11.6 Å². The SMILES string of the molecule is COc1ccc([N+](=O)[O-])cc1CC(C(C)C)C(C)Cl. The molecule has 0 N–H and O–H groups in total. The summed E-state index contributed by atoms with van der Waals surface area (Å²) >= 11 is 6.21. The molecule has 0 aliphatic heterocycles. The molecule has 0 bridgehead atoms. The number of hydrogen-bond acceptors (Lipinski definition) is 3. The van der Waals surface area contributed by atoms with Crippen molar-refractivity contribution in [2.45, 2.75) is 32.6 Å². The maximum Gasteiger partial charge on any atom is 0.269 e. The number of methoxy groups -OCH3 is 1. The molecule has 0 spiro atoms. The lowest BCUT2D eigenvalue weighted by molar-refractivity contribution is -0.384. The molecule has 0 saturated carbocycles. The fourth-order valence-electron chi connectivity index (χ4n) is 2.22. The fourth-order valence-corrected chi connectivity index (χ4v) is 2.60. The van der Waals surface area contributed by atoms with Gasteiger partial charge in [0.2, 0.25) is 0 Å². The minimum atomic E-state index is -0.391. The topological polar surface area (TPSA) is 52.4 Å². The van der Waals surface area contributed by atoms with Crippen LogP contribution in [0.25, 0.3) is 0 Å². The third kappa shape index (κ3) is 4.10. The molecule has 2 unspecified atom stereocenters. The fraction of sp³-hybridized carbons (Fsp3) is 0.571. The van der Waals surface area contributed by atoms with Gasteiger partial charge in [0.05, 0.1) is 12.0 Å². The Balaban J connectivity index is 3.09. The Bertz CT molecular complexity index is 438. The number of nitro benzene ring substituents is 1. The van der Waals surface area contributed by atoms with Crippen molar-refractivity contribution in [1.29, 1.82) is 0 Å². The smallest absolute Gasteiger partial charge is 0.269 e. The summed E-state index contributed by atoms with van der Waals surface area (Å²) in [5.74, 6) is 1.32. The molecule has 0 aliphatic rings. The first-order chi connectivity index (χ1) is 8.86. The minimum Gasteiger partial charge on any atom is -0.496 e. The number of alkyl halides is 1. The highest BCUT2D eigenvalue weighted by Gasteiger charge is 2.22. The van der Waals surface area contributed by atoms with E-state index in [1.54, 1.807) is 19.2 Å². The molecule has 0 amide bonds. The maximum atomic E-state index is 10.8. The molecule has 5 heteroatoms. The molecule has 2 atom stereocenters. The van der Waals surface area contributed by atoms with Crippen LogP contribution in [0.4, 0.5) is 5.69 Å². The highest BCUT2D eigenvalue weighted by molar-refractivity contribution is 6.20. The first-order valence-corrected chi connectivity index (χ1v) is 6.75. The highest BCUT2D eigenvalue weighted by Crippen LogP contribution is 2.31. The van der Waals surface area contributed by atoms with Crippen LogP contribution >= 0.6 is 11.6 Å². The van der Waals surface area contributed by atoms with Gasteiger partial charge in [0, 0.05) is 23.1 Å². The van der Waals surface area contributed by atoms with Gasteiger partial charge in [0.15, 0.2) is 0 Å². The Morgan fingerprint density at radius 2 is 2.00 bits per heavy atom. The van der Waals surface area contributed by atoms with E-state index >= 15 is 0 Å². The number of hydrogen-bond donors (Lipinski definition) is 0. The zero-order valence-electron chi connectivity index (χ0n) is 11.7. The molecule has 4 nitrogen and oxygen atoms in total. The van der Waals surface area contributed by atoms with Crippen LogP contribution in [0.15, 0.2) is 18.2 Å². The van der Waals surface area contributed by atoms with Gasteiger partial charge in [-0.05, 0) is 31.2 Å². The van der Waals surface area contributed by atoms with Gasteiger partial charge in [0.1, 0.15) is 5.75 Å². The molecule has 1 aromatic rings. The zero-order chi connectivity index (χ0) is 14.6. The number of ether oxygens (including phenoxy) is 1. The lowest BCUT2D eigenvalue weighted by Crippen LogP contribution is -2.21. The monoisotopic (exact) mass is 285 g/mol. The molecule has 0 aromatic heterocycles. The maximum absolute atomic E-state index is 10.8. The van der Waals surface area contributed by atoms with Crippen LogP contribution in [0.5, 0.6) is 5.75 Å². The van der Waals surface area contributed by atoms with Crippen LogP contribution in [0.1, 0.15) is 26.3 Å². The lowest BCUT2D eigenvalue weighted by atomic mass is 9.86. The molecule has 19 heavy (non-hydrogen) atoms. The second kappa shape index (κ2) is 6.75. The number of halogens is 1. The van der Waals surface area contributed by atoms with Gasteiger partial charge < -0.3 is 4.74 Å². The summed E-state index contributed by atoms with van der Waals surface area (Å²) < 4.78 is 5.27. The summed E-state index contributed by atoms with van der Waals surface area (Å²) in [6, 6.07) is 4.67. The Morgan fingerprint density at radius 3 is 2.42 bits per heavy atom. The standard InChI is InChI=1S/C14H20ClNO3/c1-9(2)13(10(3)15)8-11-7-12(16(17)18)5-6-14(11)19-4/h5-7,9-10,13H,8H2,1-4H3. The summed E-state index contributed by atoms with van der Waals surface area (Å²) in [5.41, 5.74) is 0.920. The summed E-state index contributed by atoms with van der Waals surface area (Å²) in [7, 11) is 1.57. The number of nitro groups is 1. The molecule has 106 valence electrons. The van der Waals surface area contributed by atoms with Crippen molar-refractivity contribution in [2.75, 3.05) is 7.11 Å². The molecule has 1 aromatic carbocycles. The average Bonchev–Trinajstić information content (AvgIpc) is 2.34. The second-order valence-corrected chi connectivity index (χ2v) is 5.73. The first-order valence-electron chi connectivity index (χ1n) is 6.32. The highest BCUT2D eigenvalue weighted by atomic mass is 35.5. The Hall–Kier alpha value is -1.29. The van der Waals surface area contributed by atoms with Crippen LogP contribution < -0.4 is 4.74 Å². The van der Waals surface area contributed by atoms with Gasteiger partial charge >= 0.3 is 0 Å². The van der Waals surface area contributed by atoms with E-state index in [0.717, 1.165) is 5.56 Å². The number of non-ortho nitro benzene ring substituents is 1. The van der Waals surface area contributed by atoms with Crippen LogP contribution in [-0.4, -0.2) is 17.4 Å². The predicted molar refractivity (Wildman–Crippen MR) is 77.0 cm³/mol. The Morgan fingerprint density at radius 1 is 1.37 bits per heavy atom. The van der Waals surface area contributed by atoms with Crippen molar-refractivity contribution in [1.82, 2.24) is 0 Å². The quantitative estimate of drug-likeness (QED) is 0.450.